The van der Waals surface area contributed by atoms with Gasteiger partial charge in [-0.05, 0) is 37.5 Å². The number of piperidine rings is 1. The predicted molar refractivity (Wildman–Crippen MR) is 89.3 cm³/mol. The Hall–Kier alpha value is -1.11. The van der Waals surface area contributed by atoms with Gasteiger partial charge in [0.2, 0.25) is 0 Å². The predicted octanol–water partition coefficient (Wildman–Crippen LogP) is 1.85. The van der Waals surface area contributed by atoms with Crippen LogP contribution < -0.4 is 4.90 Å². The molecular formula is C16H25N3O2S. The van der Waals surface area contributed by atoms with Crippen LogP contribution in [0.2, 0.25) is 0 Å². The second kappa shape index (κ2) is 6.56. The molecule has 2 fully saturated rings. The van der Waals surface area contributed by atoms with Gasteiger partial charge in [0.1, 0.15) is 0 Å². The van der Waals surface area contributed by atoms with Gasteiger partial charge >= 0.3 is 0 Å². The number of piperazine rings is 1. The Morgan fingerprint density at radius 1 is 0.864 bits per heavy atom. The lowest BCUT2D eigenvalue weighted by Crippen LogP contribution is -2.53. The van der Waals surface area contributed by atoms with Crippen LogP contribution in [0.15, 0.2) is 24.3 Å². The summed E-state index contributed by atoms with van der Waals surface area (Å²) in [5.41, 5.74) is 2.43. The summed E-state index contributed by atoms with van der Waals surface area (Å²) < 4.78 is 28.7. The maximum atomic E-state index is 12.7. The average Bonchev–Trinajstić information content (AvgIpc) is 2.56. The lowest BCUT2D eigenvalue weighted by Gasteiger charge is -2.38. The van der Waals surface area contributed by atoms with E-state index in [1.807, 2.05) is 0 Å². The van der Waals surface area contributed by atoms with Gasteiger partial charge in [0, 0.05) is 45.0 Å². The van der Waals surface area contributed by atoms with E-state index in [2.05, 4.69) is 36.1 Å². The highest BCUT2D eigenvalue weighted by atomic mass is 32.2. The second-order valence-electron chi connectivity index (χ2n) is 6.19. The number of benzene rings is 1. The summed E-state index contributed by atoms with van der Waals surface area (Å²) in [6, 6.07) is 8.40. The molecule has 2 heterocycles. The molecule has 2 aliphatic heterocycles. The van der Waals surface area contributed by atoms with E-state index in [0.29, 0.717) is 26.2 Å². The van der Waals surface area contributed by atoms with Gasteiger partial charge in [0.25, 0.3) is 10.2 Å². The van der Waals surface area contributed by atoms with Crippen molar-refractivity contribution in [3.63, 3.8) is 0 Å². The molecule has 22 heavy (non-hydrogen) atoms. The monoisotopic (exact) mass is 323 g/mol. The highest BCUT2D eigenvalue weighted by molar-refractivity contribution is 7.86. The van der Waals surface area contributed by atoms with E-state index in [4.69, 9.17) is 0 Å². The molecule has 0 atom stereocenters. The third-order valence-corrected chi connectivity index (χ3v) is 6.61. The highest BCUT2D eigenvalue weighted by Gasteiger charge is 2.32. The van der Waals surface area contributed by atoms with Crippen LogP contribution in [0.3, 0.4) is 0 Å². The summed E-state index contributed by atoms with van der Waals surface area (Å²) in [5, 5.41) is 0. The Morgan fingerprint density at radius 2 is 1.50 bits per heavy atom. The summed E-state index contributed by atoms with van der Waals surface area (Å²) in [4.78, 5) is 2.27. The molecule has 0 spiro atoms. The van der Waals surface area contributed by atoms with Gasteiger partial charge in [-0.1, -0.05) is 18.6 Å². The molecule has 3 rings (SSSR count). The topological polar surface area (TPSA) is 43.9 Å². The zero-order chi connectivity index (χ0) is 15.6. The third kappa shape index (κ3) is 3.29. The van der Waals surface area contributed by atoms with Crippen molar-refractivity contribution in [3.05, 3.63) is 29.8 Å². The normalized spacial score (nSPS) is 22.0. The van der Waals surface area contributed by atoms with E-state index in [-0.39, 0.29) is 0 Å². The lowest BCUT2D eigenvalue weighted by atomic mass is 10.2. The van der Waals surface area contributed by atoms with Crippen molar-refractivity contribution >= 4 is 15.9 Å². The summed E-state index contributed by atoms with van der Waals surface area (Å²) in [6.07, 6.45) is 3.12. The number of aryl methyl sites for hydroxylation is 1. The Balaban J connectivity index is 1.63. The largest absolute Gasteiger partial charge is 0.369 e. The van der Waals surface area contributed by atoms with Crippen molar-refractivity contribution < 1.29 is 8.42 Å². The van der Waals surface area contributed by atoms with Gasteiger partial charge in [-0.15, -0.1) is 0 Å². The van der Waals surface area contributed by atoms with E-state index >= 15 is 0 Å². The van der Waals surface area contributed by atoms with Crippen LogP contribution in [0.1, 0.15) is 24.8 Å². The minimum Gasteiger partial charge on any atom is -0.369 e. The highest BCUT2D eigenvalue weighted by Crippen LogP contribution is 2.21. The first kappa shape index (κ1) is 15.8. The molecule has 0 radical (unpaired) electrons. The smallest absolute Gasteiger partial charge is 0.282 e. The molecule has 122 valence electrons. The van der Waals surface area contributed by atoms with Gasteiger partial charge in [-0.2, -0.15) is 17.0 Å². The molecule has 0 bridgehead atoms. The molecular weight excluding hydrogens is 298 g/mol. The van der Waals surface area contributed by atoms with Crippen molar-refractivity contribution in [1.29, 1.82) is 0 Å². The minimum atomic E-state index is -3.26. The van der Waals surface area contributed by atoms with Crippen LogP contribution in [-0.4, -0.2) is 56.3 Å². The number of rotatable bonds is 3. The molecule has 1 aromatic carbocycles. The molecule has 2 aliphatic rings. The first-order valence-corrected chi connectivity index (χ1v) is 9.54. The number of nitrogens with zero attached hydrogens (tertiary/aromatic N) is 3. The fraction of sp³-hybridized carbons (Fsp3) is 0.625. The molecule has 6 heteroatoms. The van der Waals surface area contributed by atoms with Gasteiger partial charge in [0.05, 0.1) is 0 Å². The van der Waals surface area contributed by atoms with Crippen LogP contribution in [0.4, 0.5) is 5.69 Å². The Labute approximate surface area is 133 Å². The molecule has 1 aromatic rings. The van der Waals surface area contributed by atoms with Crippen molar-refractivity contribution in [2.75, 3.05) is 44.2 Å². The van der Waals surface area contributed by atoms with Gasteiger partial charge in [-0.25, -0.2) is 0 Å². The maximum absolute atomic E-state index is 12.7. The van der Waals surface area contributed by atoms with Crippen LogP contribution in [0.25, 0.3) is 0 Å². The summed E-state index contributed by atoms with van der Waals surface area (Å²) in [7, 11) is -3.26. The first-order chi connectivity index (χ1) is 10.6. The average molecular weight is 323 g/mol. The minimum absolute atomic E-state index is 0.576. The molecule has 2 saturated heterocycles. The standard InChI is InChI=1S/C16H25N3O2S/c1-15-6-5-7-16(14-15)17-10-12-19(13-11-17)22(20,21)18-8-3-2-4-9-18/h5-7,14H,2-4,8-13H2,1H3. The molecule has 0 unspecified atom stereocenters. The lowest BCUT2D eigenvalue weighted by molar-refractivity contribution is 0.295. The Kier molecular flexibility index (Phi) is 4.70. The SMILES string of the molecule is Cc1cccc(N2CCN(S(=O)(=O)N3CCCCC3)CC2)c1. The van der Waals surface area contributed by atoms with Crippen LogP contribution in [0, 0.1) is 6.92 Å². The Bertz CT molecular complexity index is 604. The van der Waals surface area contributed by atoms with Crippen LogP contribution in [0.5, 0.6) is 0 Å². The molecule has 0 aliphatic carbocycles. The fourth-order valence-corrected chi connectivity index (χ4v) is 4.93. The van der Waals surface area contributed by atoms with Crippen molar-refractivity contribution in [3.8, 4) is 0 Å². The first-order valence-electron chi connectivity index (χ1n) is 8.14. The van der Waals surface area contributed by atoms with Gasteiger partial charge in [0.15, 0.2) is 0 Å². The number of hydrogen-bond acceptors (Lipinski definition) is 3. The number of anilines is 1. The number of hydrogen-bond donors (Lipinski definition) is 0. The van der Waals surface area contributed by atoms with Gasteiger partial charge in [-0.3, -0.25) is 0 Å². The summed E-state index contributed by atoms with van der Waals surface area (Å²) in [5.74, 6) is 0. The van der Waals surface area contributed by atoms with Crippen molar-refractivity contribution in [2.45, 2.75) is 26.2 Å². The van der Waals surface area contributed by atoms with Crippen molar-refractivity contribution in [1.82, 2.24) is 8.61 Å². The summed E-state index contributed by atoms with van der Waals surface area (Å²) >= 11 is 0. The zero-order valence-electron chi connectivity index (χ0n) is 13.2. The van der Waals surface area contributed by atoms with E-state index in [0.717, 1.165) is 32.4 Å². The van der Waals surface area contributed by atoms with Crippen LogP contribution >= 0.6 is 0 Å². The molecule has 0 N–H and O–H groups in total. The van der Waals surface area contributed by atoms with E-state index in [9.17, 15) is 8.42 Å². The third-order valence-electron chi connectivity index (χ3n) is 4.57. The summed E-state index contributed by atoms with van der Waals surface area (Å²) in [6.45, 7) is 6.12. The molecule has 5 nitrogen and oxygen atoms in total. The van der Waals surface area contributed by atoms with Crippen molar-refractivity contribution in [2.24, 2.45) is 0 Å². The fourth-order valence-electron chi connectivity index (χ4n) is 3.26. The molecule has 0 amide bonds. The zero-order valence-corrected chi connectivity index (χ0v) is 14.1. The second-order valence-corrected chi connectivity index (χ2v) is 8.12. The maximum Gasteiger partial charge on any atom is 0.282 e. The molecule has 0 aromatic heterocycles. The van der Waals surface area contributed by atoms with E-state index < -0.39 is 10.2 Å². The van der Waals surface area contributed by atoms with E-state index in [1.54, 1.807) is 8.61 Å². The van der Waals surface area contributed by atoms with E-state index in [1.165, 1.54) is 11.3 Å². The van der Waals surface area contributed by atoms with Gasteiger partial charge < -0.3 is 4.90 Å². The molecule has 0 saturated carbocycles. The van der Waals surface area contributed by atoms with Crippen LogP contribution in [-0.2, 0) is 10.2 Å². The quantitative estimate of drug-likeness (QED) is 0.853. The Morgan fingerprint density at radius 3 is 2.14 bits per heavy atom.